The standard InChI is InChI=1S/C19H17Cl2NO5/c1-11(18(23)22-14-5-2-4-13(20)17(14)21)27-19(24)12-6-7-15-16(10-12)26-9-3-8-25-15/h2,4-7,10-11H,3,8-9H2,1H3,(H,22,23). The number of rotatable bonds is 4. The van der Waals surface area contributed by atoms with Crippen LogP contribution in [0.4, 0.5) is 5.69 Å². The van der Waals surface area contributed by atoms with Gasteiger partial charge in [-0.3, -0.25) is 4.79 Å². The van der Waals surface area contributed by atoms with Crippen molar-refractivity contribution >= 4 is 40.8 Å². The average Bonchev–Trinajstić information content (AvgIpc) is 2.90. The Hall–Kier alpha value is -2.44. The molecule has 27 heavy (non-hydrogen) atoms. The number of hydrogen-bond acceptors (Lipinski definition) is 5. The van der Waals surface area contributed by atoms with E-state index in [0.717, 1.165) is 6.42 Å². The third-order valence-corrected chi connectivity index (χ3v) is 4.66. The number of esters is 1. The molecular weight excluding hydrogens is 393 g/mol. The lowest BCUT2D eigenvalue weighted by Gasteiger charge is -2.15. The van der Waals surface area contributed by atoms with Crippen LogP contribution in [0.5, 0.6) is 11.5 Å². The molecular formula is C19H17Cl2NO5. The predicted octanol–water partition coefficient (Wildman–Crippen LogP) is 4.34. The molecule has 1 atom stereocenters. The summed E-state index contributed by atoms with van der Waals surface area (Å²) in [6.45, 7) is 2.53. The highest BCUT2D eigenvalue weighted by molar-refractivity contribution is 6.44. The molecule has 1 heterocycles. The molecule has 1 N–H and O–H groups in total. The Kier molecular flexibility index (Phi) is 6.08. The average molecular weight is 410 g/mol. The smallest absolute Gasteiger partial charge is 0.339 e. The molecule has 6 nitrogen and oxygen atoms in total. The van der Waals surface area contributed by atoms with Crippen LogP contribution in [0.3, 0.4) is 0 Å². The Labute approximate surface area is 166 Å². The Morgan fingerprint density at radius 1 is 1.11 bits per heavy atom. The van der Waals surface area contributed by atoms with Crippen LogP contribution in [0, 0.1) is 0 Å². The molecule has 1 amide bonds. The molecule has 0 aromatic heterocycles. The molecule has 0 radical (unpaired) electrons. The van der Waals surface area contributed by atoms with Crippen molar-refractivity contribution in [2.24, 2.45) is 0 Å². The maximum atomic E-state index is 12.4. The second-order valence-electron chi connectivity index (χ2n) is 5.85. The SMILES string of the molecule is CC(OC(=O)c1ccc2c(c1)OCCCO2)C(=O)Nc1cccc(Cl)c1Cl. The van der Waals surface area contributed by atoms with Gasteiger partial charge in [0.05, 0.1) is 34.5 Å². The first-order valence-corrected chi connectivity index (χ1v) is 9.07. The minimum absolute atomic E-state index is 0.217. The molecule has 0 fully saturated rings. The van der Waals surface area contributed by atoms with E-state index in [4.69, 9.17) is 37.4 Å². The topological polar surface area (TPSA) is 73.9 Å². The zero-order chi connectivity index (χ0) is 19.4. The number of anilines is 1. The third-order valence-electron chi connectivity index (χ3n) is 3.85. The van der Waals surface area contributed by atoms with Crippen LogP contribution in [-0.4, -0.2) is 31.2 Å². The zero-order valence-corrected chi connectivity index (χ0v) is 16.0. The quantitative estimate of drug-likeness (QED) is 0.760. The van der Waals surface area contributed by atoms with Gasteiger partial charge in [0.1, 0.15) is 0 Å². The van der Waals surface area contributed by atoms with Crippen LogP contribution >= 0.6 is 23.2 Å². The van der Waals surface area contributed by atoms with E-state index in [1.807, 2.05) is 0 Å². The summed E-state index contributed by atoms with van der Waals surface area (Å²) in [6, 6.07) is 9.61. The molecule has 0 aliphatic carbocycles. The van der Waals surface area contributed by atoms with Gasteiger partial charge in [0.15, 0.2) is 17.6 Å². The van der Waals surface area contributed by atoms with Crippen molar-refractivity contribution in [3.8, 4) is 11.5 Å². The Bertz CT molecular complexity index is 871. The summed E-state index contributed by atoms with van der Waals surface area (Å²) in [5.41, 5.74) is 0.604. The molecule has 2 aromatic rings. The fraction of sp³-hybridized carbons (Fsp3) is 0.263. The minimum atomic E-state index is -1.04. The van der Waals surface area contributed by atoms with E-state index in [0.29, 0.717) is 35.4 Å². The third kappa shape index (κ3) is 4.64. The molecule has 142 valence electrons. The van der Waals surface area contributed by atoms with Crippen molar-refractivity contribution in [1.29, 1.82) is 0 Å². The molecule has 1 aliphatic rings. The van der Waals surface area contributed by atoms with Gasteiger partial charge < -0.3 is 19.5 Å². The van der Waals surface area contributed by atoms with Gasteiger partial charge in [0, 0.05) is 6.42 Å². The van der Waals surface area contributed by atoms with Crippen LogP contribution in [0.15, 0.2) is 36.4 Å². The molecule has 3 rings (SSSR count). The highest BCUT2D eigenvalue weighted by atomic mass is 35.5. The summed E-state index contributed by atoms with van der Waals surface area (Å²) in [6.07, 6.45) is -0.277. The molecule has 0 bridgehead atoms. The Morgan fingerprint density at radius 2 is 1.85 bits per heavy atom. The number of benzene rings is 2. The zero-order valence-electron chi connectivity index (χ0n) is 14.5. The highest BCUT2D eigenvalue weighted by Crippen LogP contribution is 2.31. The highest BCUT2D eigenvalue weighted by Gasteiger charge is 2.21. The fourth-order valence-electron chi connectivity index (χ4n) is 2.41. The van der Waals surface area contributed by atoms with E-state index in [-0.39, 0.29) is 10.6 Å². The maximum Gasteiger partial charge on any atom is 0.339 e. The summed E-state index contributed by atoms with van der Waals surface area (Å²) in [5.74, 6) is -0.123. The molecule has 0 saturated heterocycles. The summed E-state index contributed by atoms with van der Waals surface area (Å²) < 4.78 is 16.3. The second kappa shape index (κ2) is 8.50. The number of fused-ring (bicyclic) bond motifs is 1. The van der Waals surface area contributed by atoms with Gasteiger partial charge in [-0.1, -0.05) is 29.3 Å². The first-order valence-electron chi connectivity index (χ1n) is 8.31. The van der Waals surface area contributed by atoms with E-state index in [1.54, 1.807) is 36.4 Å². The van der Waals surface area contributed by atoms with Gasteiger partial charge in [0.2, 0.25) is 0 Å². The maximum absolute atomic E-state index is 12.4. The Morgan fingerprint density at radius 3 is 2.63 bits per heavy atom. The molecule has 1 aliphatic heterocycles. The van der Waals surface area contributed by atoms with E-state index in [1.165, 1.54) is 6.92 Å². The number of carbonyl (C=O) groups excluding carboxylic acids is 2. The lowest BCUT2D eigenvalue weighted by Crippen LogP contribution is -2.30. The normalized spacial score (nSPS) is 14.0. The van der Waals surface area contributed by atoms with Gasteiger partial charge in [0.25, 0.3) is 5.91 Å². The van der Waals surface area contributed by atoms with Crippen molar-refractivity contribution in [2.45, 2.75) is 19.4 Å². The van der Waals surface area contributed by atoms with E-state index >= 15 is 0 Å². The first-order chi connectivity index (χ1) is 13.0. The number of carbonyl (C=O) groups is 2. The van der Waals surface area contributed by atoms with E-state index in [2.05, 4.69) is 5.32 Å². The molecule has 1 unspecified atom stereocenters. The van der Waals surface area contributed by atoms with Crippen LogP contribution in [-0.2, 0) is 9.53 Å². The molecule has 8 heteroatoms. The van der Waals surface area contributed by atoms with Gasteiger partial charge in [-0.15, -0.1) is 0 Å². The second-order valence-corrected chi connectivity index (χ2v) is 6.64. The summed E-state index contributed by atoms with van der Waals surface area (Å²) in [7, 11) is 0. The monoisotopic (exact) mass is 409 g/mol. The van der Waals surface area contributed by atoms with Gasteiger partial charge in [-0.25, -0.2) is 4.79 Å². The van der Waals surface area contributed by atoms with Crippen molar-refractivity contribution in [1.82, 2.24) is 0 Å². The van der Waals surface area contributed by atoms with Gasteiger partial charge >= 0.3 is 5.97 Å². The summed E-state index contributed by atoms with van der Waals surface area (Å²) in [5, 5.41) is 3.12. The Balaban J connectivity index is 1.65. The molecule has 2 aromatic carbocycles. The predicted molar refractivity (Wildman–Crippen MR) is 102 cm³/mol. The van der Waals surface area contributed by atoms with E-state index in [9.17, 15) is 9.59 Å². The summed E-state index contributed by atoms with van der Waals surface area (Å²) in [4.78, 5) is 24.6. The van der Waals surface area contributed by atoms with Crippen molar-refractivity contribution < 1.29 is 23.8 Å². The lowest BCUT2D eigenvalue weighted by atomic mass is 10.2. The lowest BCUT2D eigenvalue weighted by molar-refractivity contribution is -0.123. The molecule has 0 saturated carbocycles. The van der Waals surface area contributed by atoms with Gasteiger partial charge in [-0.05, 0) is 37.3 Å². The minimum Gasteiger partial charge on any atom is -0.490 e. The summed E-state index contributed by atoms with van der Waals surface area (Å²) >= 11 is 12.0. The molecule has 0 spiro atoms. The van der Waals surface area contributed by atoms with Crippen molar-refractivity contribution in [2.75, 3.05) is 18.5 Å². The van der Waals surface area contributed by atoms with Crippen molar-refractivity contribution in [3.63, 3.8) is 0 Å². The number of nitrogens with one attached hydrogen (secondary N) is 1. The largest absolute Gasteiger partial charge is 0.490 e. The fourth-order valence-corrected chi connectivity index (χ4v) is 2.75. The van der Waals surface area contributed by atoms with Gasteiger partial charge in [-0.2, -0.15) is 0 Å². The van der Waals surface area contributed by atoms with E-state index < -0.39 is 18.0 Å². The van der Waals surface area contributed by atoms with Crippen LogP contribution in [0.2, 0.25) is 10.0 Å². The number of halogens is 2. The van der Waals surface area contributed by atoms with Crippen LogP contribution < -0.4 is 14.8 Å². The number of amides is 1. The first kappa shape index (κ1) is 19.3. The van der Waals surface area contributed by atoms with Crippen LogP contribution in [0.1, 0.15) is 23.7 Å². The van der Waals surface area contributed by atoms with Crippen molar-refractivity contribution in [3.05, 3.63) is 52.0 Å². The number of ether oxygens (including phenoxy) is 3. The number of hydrogen-bond donors (Lipinski definition) is 1. The van der Waals surface area contributed by atoms with Crippen LogP contribution in [0.25, 0.3) is 0 Å².